The minimum Gasteiger partial charge on any atom is -0.292 e. The van der Waals surface area contributed by atoms with E-state index in [0.717, 1.165) is 71.3 Å². The lowest BCUT2D eigenvalue weighted by molar-refractivity contribution is 0.953. The fourth-order valence-corrected chi connectivity index (χ4v) is 7.25. The quantitative estimate of drug-likeness (QED) is 0.177. The van der Waals surface area contributed by atoms with Gasteiger partial charge >= 0.3 is 0 Å². The molecular formula is C40H22Cl2N6. The molecular weight excluding hydrogens is 635 g/mol. The second-order valence-corrected chi connectivity index (χ2v) is 12.7. The highest BCUT2D eigenvalue weighted by Crippen LogP contribution is 2.42. The highest BCUT2D eigenvalue weighted by Gasteiger charge is 2.22. The third-order valence-electron chi connectivity index (χ3n) is 9.08. The van der Waals surface area contributed by atoms with Crippen LogP contribution in [0.25, 0.3) is 88.9 Å². The van der Waals surface area contributed by atoms with Crippen molar-refractivity contribution in [3.8, 4) is 28.7 Å². The van der Waals surface area contributed by atoms with Gasteiger partial charge in [0.05, 0.1) is 27.6 Å². The van der Waals surface area contributed by atoms with Gasteiger partial charge in [0.25, 0.3) is 0 Å². The van der Waals surface area contributed by atoms with Gasteiger partial charge in [-0.15, -0.1) is 0 Å². The Morgan fingerprint density at radius 3 is 1.65 bits per heavy atom. The highest BCUT2D eigenvalue weighted by molar-refractivity contribution is 6.31. The van der Waals surface area contributed by atoms with E-state index in [4.69, 9.17) is 43.1 Å². The van der Waals surface area contributed by atoms with Crippen LogP contribution in [0.5, 0.6) is 0 Å². The summed E-state index contributed by atoms with van der Waals surface area (Å²) in [6, 6.07) is 44.8. The Labute approximate surface area is 283 Å². The number of rotatable bonds is 3. The van der Waals surface area contributed by atoms with E-state index in [9.17, 15) is 0 Å². The standard InChI is InChI=1S/C40H22Cl2N6/c41-25-17-13-23(14-18-25)37-44-38(24-15-19-26(42)20-16-24)46-40(45-37)48-32-11-5-2-8-28(32)36-34(48)22-21-29-35(36)27-7-1-4-10-31(27)47-33-12-6-3-9-30(33)43-39(29)47/h1-22H. The lowest BCUT2D eigenvalue weighted by Crippen LogP contribution is -2.06. The van der Waals surface area contributed by atoms with Crippen LogP contribution in [-0.2, 0) is 0 Å². The molecule has 0 saturated heterocycles. The zero-order chi connectivity index (χ0) is 31.9. The fourth-order valence-electron chi connectivity index (χ4n) is 6.99. The van der Waals surface area contributed by atoms with Crippen LogP contribution < -0.4 is 0 Å². The second kappa shape index (κ2) is 10.3. The van der Waals surface area contributed by atoms with Crippen LogP contribution in [0.1, 0.15) is 0 Å². The number of hydrogen-bond acceptors (Lipinski definition) is 4. The summed E-state index contributed by atoms with van der Waals surface area (Å²) < 4.78 is 4.42. The molecule has 0 fully saturated rings. The topological polar surface area (TPSA) is 60.9 Å². The zero-order valence-electron chi connectivity index (χ0n) is 25.1. The van der Waals surface area contributed by atoms with Crippen molar-refractivity contribution < 1.29 is 0 Å². The average molecular weight is 658 g/mol. The predicted octanol–water partition coefficient (Wildman–Crippen LogP) is 10.7. The molecule has 0 amide bonds. The molecule has 0 atom stereocenters. The molecule has 0 bridgehead atoms. The van der Waals surface area contributed by atoms with Crippen molar-refractivity contribution in [2.75, 3.05) is 0 Å². The number of imidazole rings is 1. The predicted molar refractivity (Wildman–Crippen MR) is 196 cm³/mol. The minimum absolute atomic E-state index is 0.516. The van der Waals surface area contributed by atoms with Gasteiger partial charge in [-0.1, -0.05) is 71.7 Å². The van der Waals surface area contributed by atoms with Gasteiger partial charge in [-0.3, -0.25) is 8.97 Å². The molecule has 10 aromatic rings. The number of fused-ring (bicyclic) bond motifs is 12. The molecule has 0 radical (unpaired) electrons. The van der Waals surface area contributed by atoms with E-state index in [1.807, 2.05) is 54.6 Å². The van der Waals surface area contributed by atoms with E-state index in [0.29, 0.717) is 27.6 Å². The molecule has 4 heterocycles. The third-order valence-corrected chi connectivity index (χ3v) is 9.59. The van der Waals surface area contributed by atoms with Crippen molar-refractivity contribution in [2.45, 2.75) is 0 Å². The van der Waals surface area contributed by atoms with E-state index >= 15 is 0 Å². The van der Waals surface area contributed by atoms with Crippen LogP contribution in [0.15, 0.2) is 133 Å². The zero-order valence-corrected chi connectivity index (χ0v) is 26.7. The van der Waals surface area contributed by atoms with Gasteiger partial charge in [0.15, 0.2) is 11.6 Å². The molecule has 4 aromatic heterocycles. The molecule has 8 heteroatoms. The first-order chi connectivity index (χ1) is 23.6. The van der Waals surface area contributed by atoms with Crippen molar-refractivity contribution in [3.63, 3.8) is 0 Å². The van der Waals surface area contributed by atoms with Crippen LogP contribution in [0.2, 0.25) is 10.0 Å². The molecule has 0 aliphatic carbocycles. The van der Waals surface area contributed by atoms with Gasteiger partial charge in [0.1, 0.15) is 5.65 Å². The normalized spacial score (nSPS) is 12.0. The van der Waals surface area contributed by atoms with E-state index in [1.165, 1.54) is 0 Å². The Balaban J connectivity index is 1.35. The molecule has 0 aliphatic heterocycles. The highest BCUT2D eigenvalue weighted by atomic mass is 35.5. The van der Waals surface area contributed by atoms with Crippen molar-refractivity contribution in [3.05, 3.63) is 144 Å². The Bertz CT molecular complexity index is 2840. The van der Waals surface area contributed by atoms with Crippen LogP contribution >= 0.6 is 23.2 Å². The van der Waals surface area contributed by atoms with Gasteiger partial charge in [0.2, 0.25) is 5.95 Å². The fraction of sp³-hybridized carbons (Fsp3) is 0. The molecule has 0 aliphatic rings. The third kappa shape index (κ3) is 4.00. The molecule has 0 N–H and O–H groups in total. The lowest BCUT2D eigenvalue weighted by atomic mass is 10.00. The van der Waals surface area contributed by atoms with Crippen molar-refractivity contribution in [1.82, 2.24) is 28.9 Å². The summed E-state index contributed by atoms with van der Waals surface area (Å²) in [4.78, 5) is 20.3. The number of benzene rings is 6. The van der Waals surface area contributed by atoms with Crippen LogP contribution in [0.4, 0.5) is 0 Å². The monoisotopic (exact) mass is 656 g/mol. The molecule has 48 heavy (non-hydrogen) atoms. The Morgan fingerprint density at radius 2 is 0.979 bits per heavy atom. The number of para-hydroxylation sites is 4. The molecule has 6 aromatic carbocycles. The number of pyridine rings is 1. The summed E-state index contributed by atoms with van der Waals surface area (Å²) in [6.45, 7) is 0. The average Bonchev–Trinajstić information content (AvgIpc) is 3.69. The van der Waals surface area contributed by atoms with Crippen molar-refractivity contribution >= 4 is 83.4 Å². The number of nitrogens with zero attached hydrogens (tertiary/aromatic N) is 6. The Hall–Kier alpha value is -5.82. The number of hydrogen-bond donors (Lipinski definition) is 0. The van der Waals surface area contributed by atoms with Gasteiger partial charge in [-0.2, -0.15) is 9.97 Å². The van der Waals surface area contributed by atoms with Gasteiger partial charge in [-0.05, 0) is 84.9 Å². The summed E-state index contributed by atoms with van der Waals surface area (Å²) in [5.41, 5.74) is 7.74. The summed E-state index contributed by atoms with van der Waals surface area (Å²) in [5, 5.41) is 6.89. The van der Waals surface area contributed by atoms with Crippen LogP contribution in [0.3, 0.4) is 0 Å². The molecule has 6 nitrogen and oxygen atoms in total. The summed E-state index contributed by atoms with van der Waals surface area (Å²) >= 11 is 12.5. The van der Waals surface area contributed by atoms with Gasteiger partial charge in [-0.25, -0.2) is 9.97 Å². The Morgan fingerprint density at radius 1 is 0.417 bits per heavy atom. The van der Waals surface area contributed by atoms with Gasteiger partial charge in [0, 0.05) is 48.1 Å². The van der Waals surface area contributed by atoms with E-state index in [2.05, 4.69) is 87.8 Å². The van der Waals surface area contributed by atoms with E-state index < -0.39 is 0 Å². The molecule has 0 spiro atoms. The van der Waals surface area contributed by atoms with Gasteiger partial charge < -0.3 is 0 Å². The maximum absolute atomic E-state index is 6.26. The largest absolute Gasteiger partial charge is 0.292 e. The summed E-state index contributed by atoms with van der Waals surface area (Å²) in [5.74, 6) is 1.61. The minimum atomic E-state index is 0.516. The van der Waals surface area contributed by atoms with Crippen LogP contribution in [0, 0.1) is 0 Å². The van der Waals surface area contributed by atoms with E-state index in [-0.39, 0.29) is 0 Å². The first-order valence-corrected chi connectivity index (χ1v) is 16.3. The second-order valence-electron chi connectivity index (χ2n) is 11.8. The van der Waals surface area contributed by atoms with E-state index in [1.54, 1.807) is 0 Å². The molecule has 0 saturated carbocycles. The smallest absolute Gasteiger partial charge is 0.238 e. The lowest BCUT2D eigenvalue weighted by Gasteiger charge is -2.12. The number of aromatic nitrogens is 6. The first kappa shape index (κ1) is 27.3. The summed E-state index contributed by atoms with van der Waals surface area (Å²) in [7, 11) is 0. The number of halogens is 2. The SMILES string of the molecule is Clc1ccc(-c2nc(-c3ccc(Cl)cc3)nc(-n3c4ccccc4c4c5c6ccccc6n6c7ccccc7nc6c5ccc43)n2)cc1. The van der Waals surface area contributed by atoms with Crippen molar-refractivity contribution in [2.24, 2.45) is 0 Å². The maximum atomic E-state index is 6.26. The molecule has 226 valence electrons. The molecule has 0 unspecified atom stereocenters. The first-order valence-electron chi connectivity index (χ1n) is 15.5. The maximum Gasteiger partial charge on any atom is 0.238 e. The molecule has 10 rings (SSSR count). The van der Waals surface area contributed by atoms with Crippen LogP contribution in [-0.4, -0.2) is 28.9 Å². The van der Waals surface area contributed by atoms with Crippen molar-refractivity contribution in [1.29, 1.82) is 0 Å². The summed E-state index contributed by atoms with van der Waals surface area (Å²) in [6.07, 6.45) is 0. The Kier molecular flexibility index (Phi) is 5.88.